The first-order valence-electron chi connectivity index (χ1n) is 3.59. The molecule has 3 unspecified atom stereocenters. The first-order chi connectivity index (χ1) is 5.00. The van der Waals surface area contributed by atoms with Crippen molar-refractivity contribution in [1.82, 2.24) is 0 Å². The van der Waals surface area contributed by atoms with Gasteiger partial charge in [-0.3, -0.25) is 4.79 Å². The van der Waals surface area contributed by atoms with Crippen LogP contribution < -0.4 is 0 Å². The maximum atomic E-state index is 10.4. The number of hydrogen-bond acceptors (Lipinski definition) is 3. The van der Waals surface area contributed by atoms with Crippen LogP contribution in [0.1, 0.15) is 20.3 Å². The number of rotatable bonds is 4. The Morgan fingerprint density at radius 1 is 1.45 bits per heavy atom. The minimum absolute atomic E-state index is 0.335. The SMILES string of the molecule is CCC(O)C(C(=O)O)C(C)O. The monoisotopic (exact) mass is 162 g/mol. The summed E-state index contributed by atoms with van der Waals surface area (Å²) in [7, 11) is 0. The van der Waals surface area contributed by atoms with E-state index < -0.39 is 24.1 Å². The Balaban J connectivity index is 4.21. The fourth-order valence-electron chi connectivity index (χ4n) is 0.946. The summed E-state index contributed by atoms with van der Waals surface area (Å²) in [5, 5.41) is 26.6. The molecular weight excluding hydrogens is 148 g/mol. The lowest BCUT2D eigenvalue weighted by Gasteiger charge is -2.19. The highest BCUT2D eigenvalue weighted by Crippen LogP contribution is 2.12. The molecule has 0 bridgehead atoms. The third kappa shape index (κ3) is 2.86. The molecule has 0 aromatic carbocycles. The summed E-state index contributed by atoms with van der Waals surface area (Å²) < 4.78 is 0. The molecule has 0 saturated heterocycles. The smallest absolute Gasteiger partial charge is 0.311 e. The molecule has 0 saturated carbocycles. The van der Waals surface area contributed by atoms with Crippen LogP contribution in [0, 0.1) is 5.92 Å². The lowest BCUT2D eigenvalue weighted by molar-refractivity contribution is -0.150. The largest absolute Gasteiger partial charge is 0.481 e. The quantitative estimate of drug-likeness (QED) is 0.536. The van der Waals surface area contributed by atoms with Crippen LogP contribution in [-0.4, -0.2) is 33.5 Å². The summed E-state index contributed by atoms with van der Waals surface area (Å²) in [6.07, 6.45) is -1.64. The molecule has 0 aromatic heterocycles. The maximum Gasteiger partial charge on any atom is 0.311 e. The summed E-state index contributed by atoms with van der Waals surface area (Å²) in [5.74, 6) is -2.23. The number of aliphatic hydroxyl groups is 2. The molecule has 3 N–H and O–H groups in total. The normalized spacial score (nSPS) is 18.9. The van der Waals surface area contributed by atoms with Crippen LogP contribution in [0.2, 0.25) is 0 Å². The van der Waals surface area contributed by atoms with E-state index in [0.29, 0.717) is 6.42 Å². The lowest BCUT2D eigenvalue weighted by Crippen LogP contribution is -2.36. The van der Waals surface area contributed by atoms with E-state index in [2.05, 4.69) is 0 Å². The highest BCUT2D eigenvalue weighted by atomic mass is 16.4. The Labute approximate surface area is 65.5 Å². The minimum Gasteiger partial charge on any atom is -0.481 e. The van der Waals surface area contributed by atoms with Crippen LogP contribution >= 0.6 is 0 Å². The van der Waals surface area contributed by atoms with Gasteiger partial charge in [0.2, 0.25) is 0 Å². The molecular formula is C7H14O4. The van der Waals surface area contributed by atoms with Crippen molar-refractivity contribution in [3.05, 3.63) is 0 Å². The predicted octanol–water partition coefficient (Wildman–Crippen LogP) is -0.161. The van der Waals surface area contributed by atoms with E-state index in [0.717, 1.165) is 0 Å². The molecule has 0 radical (unpaired) electrons. The van der Waals surface area contributed by atoms with Gasteiger partial charge < -0.3 is 15.3 Å². The van der Waals surface area contributed by atoms with E-state index in [1.165, 1.54) is 6.92 Å². The first-order valence-corrected chi connectivity index (χ1v) is 3.59. The van der Waals surface area contributed by atoms with Gasteiger partial charge in [0.25, 0.3) is 0 Å². The van der Waals surface area contributed by atoms with Gasteiger partial charge in [-0.15, -0.1) is 0 Å². The highest BCUT2D eigenvalue weighted by Gasteiger charge is 2.29. The molecule has 0 spiro atoms. The zero-order chi connectivity index (χ0) is 9.02. The third-order valence-corrected chi connectivity index (χ3v) is 1.64. The van der Waals surface area contributed by atoms with Gasteiger partial charge in [-0.05, 0) is 13.3 Å². The third-order valence-electron chi connectivity index (χ3n) is 1.64. The van der Waals surface area contributed by atoms with E-state index in [-0.39, 0.29) is 0 Å². The number of aliphatic hydroxyl groups excluding tert-OH is 2. The van der Waals surface area contributed by atoms with Gasteiger partial charge in [0.05, 0.1) is 12.2 Å². The van der Waals surface area contributed by atoms with E-state index in [1.807, 2.05) is 0 Å². The Kier molecular flexibility index (Phi) is 4.07. The van der Waals surface area contributed by atoms with E-state index in [9.17, 15) is 4.79 Å². The summed E-state index contributed by atoms with van der Waals surface area (Å²) in [4.78, 5) is 10.4. The molecule has 0 fully saturated rings. The van der Waals surface area contributed by atoms with Crippen LogP contribution in [0.4, 0.5) is 0 Å². The number of carboxylic acid groups (broad SMARTS) is 1. The summed E-state index contributed by atoms with van der Waals surface area (Å²) in [5.41, 5.74) is 0. The van der Waals surface area contributed by atoms with Crippen LogP contribution in [-0.2, 0) is 4.79 Å². The standard InChI is InChI=1S/C7H14O4/c1-3-5(9)6(4(2)8)7(10)11/h4-6,8-9H,3H2,1-2H3,(H,10,11). The van der Waals surface area contributed by atoms with Crippen molar-refractivity contribution in [2.75, 3.05) is 0 Å². The molecule has 0 aliphatic rings. The average molecular weight is 162 g/mol. The summed E-state index contributed by atoms with van der Waals surface area (Å²) >= 11 is 0. The lowest BCUT2D eigenvalue weighted by atomic mass is 9.95. The second-order valence-electron chi connectivity index (χ2n) is 2.58. The van der Waals surface area contributed by atoms with Gasteiger partial charge in [0.1, 0.15) is 5.92 Å². The van der Waals surface area contributed by atoms with E-state index in [4.69, 9.17) is 15.3 Å². The van der Waals surface area contributed by atoms with Gasteiger partial charge >= 0.3 is 5.97 Å². The zero-order valence-corrected chi connectivity index (χ0v) is 6.69. The number of aliphatic carboxylic acids is 1. The molecule has 11 heavy (non-hydrogen) atoms. The minimum atomic E-state index is -1.16. The molecule has 4 nitrogen and oxygen atoms in total. The van der Waals surface area contributed by atoms with Crippen molar-refractivity contribution in [3.63, 3.8) is 0 Å². The van der Waals surface area contributed by atoms with Crippen molar-refractivity contribution >= 4 is 5.97 Å². The average Bonchev–Trinajstić information content (AvgIpc) is 1.85. The Hall–Kier alpha value is -0.610. The van der Waals surface area contributed by atoms with Crippen LogP contribution in [0.25, 0.3) is 0 Å². The van der Waals surface area contributed by atoms with Gasteiger partial charge in [-0.2, -0.15) is 0 Å². The molecule has 0 amide bonds. The summed E-state index contributed by atoms with van der Waals surface area (Å²) in [6, 6.07) is 0. The van der Waals surface area contributed by atoms with Crippen molar-refractivity contribution in [3.8, 4) is 0 Å². The predicted molar refractivity (Wildman–Crippen MR) is 39.1 cm³/mol. The molecule has 3 atom stereocenters. The molecule has 0 heterocycles. The number of carbonyl (C=O) groups is 1. The molecule has 0 rings (SSSR count). The number of carboxylic acids is 1. The molecule has 66 valence electrons. The highest BCUT2D eigenvalue weighted by molar-refractivity contribution is 5.71. The van der Waals surface area contributed by atoms with Gasteiger partial charge in [0, 0.05) is 0 Å². The van der Waals surface area contributed by atoms with E-state index >= 15 is 0 Å². The molecule has 4 heteroatoms. The zero-order valence-electron chi connectivity index (χ0n) is 6.69. The summed E-state index contributed by atoms with van der Waals surface area (Å²) in [6.45, 7) is 3.03. The fraction of sp³-hybridized carbons (Fsp3) is 0.857. The fourth-order valence-corrected chi connectivity index (χ4v) is 0.946. The molecule has 0 aromatic rings. The van der Waals surface area contributed by atoms with Gasteiger partial charge in [0.15, 0.2) is 0 Å². The first kappa shape index (κ1) is 10.4. The Bertz CT molecular complexity index is 132. The second-order valence-corrected chi connectivity index (χ2v) is 2.58. The Morgan fingerprint density at radius 3 is 2.00 bits per heavy atom. The van der Waals surface area contributed by atoms with Crippen LogP contribution in [0.3, 0.4) is 0 Å². The van der Waals surface area contributed by atoms with Crippen molar-refractivity contribution < 1.29 is 20.1 Å². The molecule has 0 aliphatic heterocycles. The van der Waals surface area contributed by atoms with Gasteiger partial charge in [-0.25, -0.2) is 0 Å². The Morgan fingerprint density at radius 2 is 1.91 bits per heavy atom. The van der Waals surface area contributed by atoms with E-state index in [1.54, 1.807) is 6.92 Å². The second kappa shape index (κ2) is 4.31. The van der Waals surface area contributed by atoms with Crippen LogP contribution in [0.5, 0.6) is 0 Å². The van der Waals surface area contributed by atoms with Crippen molar-refractivity contribution in [2.24, 2.45) is 5.92 Å². The topological polar surface area (TPSA) is 77.8 Å². The number of hydrogen-bond donors (Lipinski definition) is 3. The van der Waals surface area contributed by atoms with Crippen molar-refractivity contribution in [2.45, 2.75) is 32.5 Å². The maximum absolute atomic E-state index is 10.4. The van der Waals surface area contributed by atoms with Crippen molar-refractivity contribution in [1.29, 1.82) is 0 Å². The van der Waals surface area contributed by atoms with Gasteiger partial charge in [-0.1, -0.05) is 6.92 Å². The molecule has 0 aliphatic carbocycles. The van der Waals surface area contributed by atoms with Crippen LogP contribution in [0.15, 0.2) is 0 Å².